The van der Waals surface area contributed by atoms with Gasteiger partial charge in [0.15, 0.2) is 10.8 Å². The Morgan fingerprint density at radius 3 is 2.65 bits per heavy atom. The summed E-state index contributed by atoms with van der Waals surface area (Å²) in [6, 6.07) is 19.2. The highest BCUT2D eigenvalue weighted by Gasteiger charge is 2.14. The lowest BCUT2D eigenvalue weighted by atomic mass is 10.2. The van der Waals surface area contributed by atoms with Crippen molar-refractivity contribution < 1.29 is 4.39 Å². The first kappa shape index (κ1) is 16.5. The fraction of sp³-hybridized carbons (Fsp3) is 0.0500. The van der Waals surface area contributed by atoms with Crippen LogP contribution in [0.15, 0.2) is 82.9 Å². The molecule has 0 spiro atoms. The molecule has 128 valence electrons. The maximum Gasteiger partial charge on any atom is 0.268 e. The van der Waals surface area contributed by atoms with Crippen LogP contribution in [0, 0.1) is 5.82 Å². The van der Waals surface area contributed by atoms with Crippen LogP contribution in [0.1, 0.15) is 5.56 Å². The van der Waals surface area contributed by atoms with Gasteiger partial charge in [0.25, 0.3) is 5.56 Å². The van der Waals surface area contributed by atoms with Crippen molar-refractivity contribution in [3.05, 3.63) is 94.7 Å². The molecule has 4 rings (SSSR count). The molecule has 0 fully saturated rings. The number of pyridine rings is 1. The molecule has 4 nitrogen and oxygen atoms in total. The number of hydrogen-bond acceptors (Lipinski definition) is 4. The van der Waals surface area contributed by atoms with Gasteiger partial charge in [0.05, 0.1) is 11.1 Å². The van der Waals surface area contributed by atoms with E-state index in [2.05, 4.69) is 9.97 Å². The van der Waals surface area contributed by atoms with Gasteiger partial charge in [-0.05, 0) is 42.0 Å². The molecule has 2 heterocycles. The monoisotopic (exact) mass is 363 g/mol. The van der Waals surface area contributed by atoms with E-state index in [1.807, 2.05) is 36.4 Å². The van der Waals surface area contributed by atoms with Crippen LogP contribution in [-0.2, 0) is 5.75 Å². The largest absolute Gasteiger partial charge is 0.268 e. The van der Waals surface area contributed by atoms with E-state index in [1.54, 1.807) is 29.0 Å². The summed E-state index contributed by atoms with van der Waals surface area (Å²) in [4.78, 5) is 21.8. The quantitative estimate of drug-likeness (QED) is 0.402. The third-order valence-corrected chi connectivity index (χ3v) is 4.89. The molecular weight excluding hydrogens is 349 g/mol. The standard InChI is InChI=1S/C20H14FN3OS/c21-15-7-4-6-14(12-15)13-26-20-23-18-17(10-5-11-22-18)19(25)24(20)16-8-2-1-3-9-16/h1-12H,13H2. The van der Waals surface area contributed by atoms with Crippen molar-refractivity contribution in [1.82, 2.24) is 14.5 Å². The van der Waals surface area contributed by atoms with Gasteiger partial charge in [-0.25, -0.2) is 14.4 Å². The van der Waals surface area contributed by atoms with Gasteiger partial charge in [0.2, 0.25) is 0 Å². The van der Waals surface area contributed by atoms with E-state index in [4.69, 9.17) is 0 Å². The molecule has 2 aromatic carbocycles. The maximum atomic E-state index is 13.4. The second-order valence-electron chi connectivity index (χ2n) is 5.66. The Morgan fingerprint density at radius 2 is 1.85 bits per heavy atom. The molecule has 0 atom stereocenters. The van der Waals surface area contributed by atoms with E-state index in [0.717, 1.165) is 11.3 Å². The van der Waals surface area contributed by atoms with Crippen molar-refractivity contribution in [2.75, 3.05) is 0 Å². The first-order valence-electron chi connectivity index (χ1n) is 8.03. The predicted octanol–water partition coefficient (Wildman–Crippen LogP) is 4.21. The van der Waals surface area contributed by atoms with Crippen LogP contribution in [-0.4, -0.2) is 14.5 Å². The minimum Gasteiger partial charge on any atom is -0.268 e. The van der Waals surface area contributed by atoms with Crippen molar-refractivity contribution in [1.29, 1.82) is 0 Å². The lowest BCUT2D eigenvalue weighted by Crippen LogP contribution is -2.22. The second kappa shape index (κ2) is 7.09. The molecule has 0 aliphatic heterocycles. The summed E-state index contributed by atoms with van der Waals surface area (Å²) in [5, 5.41) is 0.989. The van der Waals surface area contributed by atoms with Gasteiger partial charge in [0, 0.05) is 11.9 Å². The van der Waals surface area contributed by atoms with Crippen molar-refractivity contribution in [2.45, 2.75) is 10.9 Å². The van der Waals surface area contributed by atoms with E-state index in [0.29, 0.717) is 21.9 Å². The maximum absolute atomic E-state index is 13.4. The molecule has 0 aliphatic rings. The van der Waals surface area contributed by atoms with E-state index < -0.39 is 0 Å². The zero-order valence-corrected chi connectivity index (χ0v) is 14.5. The summed E-state index contributed by atoms with van der Waals surface area (Å²) >= 11 is 1.38. The molecule has 0 amide bonds. The molecule has 0 radical (unpaired) electrons. The van der Waals surface area contributed by atoms with Crippen molar-refractivity contribution in [3.63, 3.8) is 0 Å². The Labute approximate surface area is 153 Å². The van der Waals surface area contributed by atoms with Crippen LogP contribution in [0.5, 0.6) is 0 Å². The van der Waals surface area contributed by atoms with Gasteiger partial charge in [-0.15, -0.1) is 0 Å². The van der Waals surface area contributed by atoms with E-state index in [1.165, 1.54) is 23.9 Å². The van der Waals surface area contributed by atoms with Gasteiger partial charge in [-0.3, -0.25) is 9.36 Å². The molecule has 0 saturated heterocycles. The molecule has 0 saturated carbocycles. The van der Waals surface area contributed by atoms with Crippen LogP contribution in [0.25, 0.3) is 16.7 Å². The SMILES string of the molecule is O=c1c2cccnc2nc(SCc2cccc(F)c2)n1-c1ccccc1. The minimum atomic E-state index is -0.281. The number of halogens is 1. The number of rotatable bonds is 4. The number of nitrogens with zero attached hydrogens (tertiary/aromatic N) is 3. The zero-order chi connectivity index (χ0) is 17.9. The number of thioether (sulfide) groups is 1. The summed E-state index contributed by atoms with van der Waals surface area (Å²) in [7, 11) is 0. The fourth-order valence-corrected chi connectivity index (χ4v) is 3.62. The van der Waals surface area contributed by atoms with Gasteiger partial charge >= 0.3 is 0 Å². The van der Waals surface area contributed by atoms with Crippen LogP contribution in [0.2, 0.25) is 0 Å². The number of benzene rings is 2. The average molecular weight is 363 g/mol. The molecule has 0 aliphatic carbocycles. The highest BCUT2D eigenvalue weighted by Crippen LogP contribution is 2.24. The van der Waals surface area contributed by atoms with Crippen molar-refractivity contribution >= 4 is 22.8 Å². The minimum absolute atomic E-state index is 0.170. The van der Waals surface area contributed by atoms with Gasteiger partial charge in [-0.2, -0.15) is 0 Å². The topological polar surface area (TPSA) is 47.8 Å². The third kappa shape index (κ3) is 3.23. The normalized spacial score (nSPS) is 11.0. The van der Waals surface area contributed by atoms with Gasteiger partial charge < -0.3 is 0 Å². The Hall–Kier alpha value is -2.99. The zero-order valence-electron chi connectivity index (χ0n) is 13.7. The Morgan fingerprint density at radius 1 is 1.00 bits per heavy atom. The summed E-state index contributed by atoms with van der Waals surface area (Å²) < 4.78 is 15.0. The fourth-order valence-electron chi connectivity index (χ4n) is 2.68. The van der Waals surface area contributed by atoms with Crippen LogP contribution in [0.3, 0.4) is 0 Å². The predicted molar refractivity (Wildman–Crippen MR) is 101 cm³/mol. The lowest BCUT2D eigenvalue weighted by molar-refractivity contribution is 0.626. The average Bonchev–Trinajstić information content (AvgIpc) is 2.67. The molecule has 0 N–H and O–H groups in total. The number of aromatic nitrogens is 3. The Kier molecular flexibility index (Phi) is 4.50. The summed E-state index contributed by atoms with van der Waals surface area (Å²) in [5.74, 6) is 0.215. The van der Waals surface area contributed by atoms with Crippen LogP contribution < -0.4 is 5.56 Å². The molecule has 0 bridgehead atoms. The van der Waals surface area contributed by atoms with Crippen molar-refractivity contribution in [2.24, 2.45) is 0 Å². The third-order valence-electron chi connectivity index (χ3n) is 3.88. The number of hydrogen-bond donors (Lipinski definition) is 0. The van der Waals surface area contributed by atoms with Crippen LogP contribution >= 0.6 is 11.8 Å². The molecular formula is C20H14FN3OS. The van der Waals surface area contributed by atoms with Crippen LogP contribution in [0.4, 0.5) is 4.39 Å². The first-order valence-corrected chi connectivity index (χ1v) is 9.01. The van der Waals surface area contributed by atoms with E-state index in [9.17, 15) is 9.18 Å². The molecule has 26 heavy (non-hydrogen) atoms. The van der Waals surface area contributed by atoms with E-state index in [-0.39, 0.29) is 11.4 Å². The Bertz CT molecular complexity index is 1130. The lowest BCUT2D eigenvalue weighted by Gasteiger charge is -2.12. The summed E-state index contributed by atoms with van der Waals surface area (Å²) in [6.07, 6.45) is 1.61. The molecule has 4 aromatic rings. The van der Waals surface area contributed by atoms with Crippen molar-refractivity contribution in [3.8, 4) is 5.69 Å². The highest BCUT2D eigenvalue weighted by atomic mass is 32.2. The molecule has 2 aromatic heterocycles. The van der Waals surface area contributed by atoms with Gasteiger partial charge in [0.1, 0.15) is 5.82 Å². The summed E-state index contributed by atoms with van der Waals surface area (Å²) in [6.45, 7) is 0. The van der Waals surface area contributed by atoms with Gasteiger partial charge in [-0.1, -0.05) is 42.1 Å². The summed E-state index contributed by atoms with van der Waals surface area (Å²) in [5.41, 5.74) is 1.80. The molecule has 6 heteroatoms. The smallest absolute Gasteiger partial charge is 0.268 e. The second-order valence-corrected chi connectivity index (χ2v) is 6.61. The van der Waals surface area contributed by atoms with E-state index >= 15 is 0 Å². The number of fused-ring (bicyclic) bond motifs is 1. The number of para-hydroxylation sites is 1. The molecule has 0 unspecified atom stereocenters. The highest BCUT2D eigenvalue weighted by molar-refractivity contribution is 7.98. The first-order chi connectivity index (χ1) is 12.7. The Balaban J connectivity index is 1.83.